The Morgan fingerprint density at radius 2 is 1.07 bits per heavy atom. The van der Waals surface area contributed by atoms with E-state index in [2.05, 4.69) is 58.3 Å². The summed E-state index contributed by atoms with van der Waals surface area (Å²) in [6.45, 7) is 3.85. The Labute approximate surface area is 169 Å². The van der Waals surface area contributed by atoms with E-state index in [1.54, 1.807) is 0 Å². The molecule has 0 aromatic heterocycles. The van der Waals surface area contributed by atoms with Gasteiger partial charge in [-0.15, -0.1) is 0 Å². The lowest BCUT2D eigenvalue weighted by Crippen LogP contribution is -2.10. The number of nitrogens with zero attached hydrogens (tertiary/aromatic N) is 2. The highest BCUT2D eigenvalue weighted by molar-refractivity contribution is 5.47. The van der Waals surface area contributed by atoms with E-state index in [4.69, 9.17) is 14.2 Å². The van der Waals surface area contributed by atoms with Crippen molar-refractivity contribution in [2.45, 2.75) is 19.6 Å². The van der Waals surface area contributed by atoms with Crippen LogP contribution in [0.4, 0.5) is 11.4 Å². The molecule has 5 nitrogen and oxygen atoms in total. The summed E-state index contributed by atoms with van der Waals surface area (Å²) >= 11 is 0. The van der Waals surface area contributed by atoms with Crippen LogP contribution in [0.5, 0.6) is 0 Å². The Morgan fingerprint density at radius 3 is 1.61 bits per heavy atom. The highest BCUT2D eigenvalue weighted by Crippen LogP contribution is 2.15. The van der Waals surface area contributed by atoms with E-state index in [1.807, 2.05) is 28.2 Å². The molecule has 2 aromatic carbocycles. The maximum atomic E-state index is 5.74. The minimum absolute atomic E-state index is 0.602. The summed E-state index contributed by atoms with van der Waals surface area (Å²) in [6, 6.07) is 16.8. The molecule has 2 rings (SSSR count). The first-order valence-electron chi connectivity index (χ1n) is 9.82. The van der Waals surface area contributed by atoms with E-state index >= 15 is 0 Å². The van der Waals surface area contributed by atoms with E-state index in [9.17, 15) is 0 Å². The van der Waals surface area contributed by atoms with Gasteiger partial charge in [0.25, 0.3) is 0 Å². The van der Waals surface area contributed by atoms with Crippen LogP contribution in [-0.4, -0.2) is 54.6 Å². The number of rotatable bonds is 13. The summed E-state index contributed by atoms with van der Waals surface area (Å²) in [6.07, 6.45) is 0.887. The van der Waals surface area contributed by atoms with Gasteiger partial charge in [-0.1, -0.05) is 24.3 Å². The zero-order valence-corrected chi connectivity index (χ0v) is 17.7. The van der Waals surface area contributed by atoms with E-state index in [-0.39, 0.29) is 0 Å². The molecule has 2 aromatic rings. The van der Waals surface area contributed by atoms with Gasteiger partial charge in [-0.05, 0) is 41.8 Å². The Hall–Kier alpha value is -2.08. The van der Waals surface area contributed by atoms with Crippen LogP contribution < -0.4 is 9.80 Å². The van der Waals surface area contributed by atoms with Crippen molar-refractivity contribution in [1.29, 1.82) is 0 Å². The number of benzene rings is 2. The van der Waals surface area contributed by atoms with Crippen molar-refractivity contribution < 1.29 is 14.2 Å². The fourth-order valence-electron chi connectivity index (χ4n) is 2.71. The van der Waals surface area contributed by atoms with Crippen LogP contribution in [-0.2, 0) is 27.4 Å². The average Bonchev–Trinajstić information content (AvgIpc) is 2.69. The second-order valence-corrected chi connectivity index (χ2v) is 7.20. The first-order valence-corrected chi connectivity index (χ1v) is 9.82. The summed E-state index contributed by atoms with van der Waals surface area (Å²) in [7, 11) is 8.17. The second-order valence-electron chi connectivity index (χ2n) is 7.20. The summed E-state index contributed by atoms with van der Waals surface area (Å²) < 4.78 is 17.0. The average molecular weight is 387 g/mol. The van der Waals surface area contributed by atoms with Crippen LogP contribution in [0.1, 0.15) is 17.5 Å². The number of hydrogen-bond acceptors (Lipinski definition) is 5. The van der Waals surface area contributed by atoms with Crippen molar-refractivity contribution in [3.63, 3.8) is 0 Å². The Bertz CT molecular complexity index is 630. The molecule has 0 aliphatic rings. The monoisotopic (exact) mass is 386 g/mol. The predicted octanol–water partition coefficient (Wildman–Crippen LogP) is 3.96. The molecule has 0 N–H and O–H groups in total. The molecule has 0 atom stereocenters. The second kappa shape index (κ2) is 12.4. The van der Waals surface area contributed by atoms with Crippen LogP contribution in [0.25, 0.3) is 0 Å². The molecule has 0 spiro atoms. The van der Waals surface area contributed by atoms with E-state index < -0.39 is 0 Å². The van der Waals surface area contributed by atoms with Crippen molar-refractivity contribution in [2.75, 3.05) is 64.4 Å². The lowest BCUT2D eigenvalue weighted by atomic mass is 10.2. The minimum Gasteiger partial charge on any atom is -0.379 e. The molecule has 0 unspecified atom stereocenters. The lowest BCUT2D eigenvalue weighted by molar-refractivity contribution is 0.0285. The van der Waals surface area contributed by atoms with Gasteiger partial charge in [0.2, 0.25) is 0 Å². The summed E-state index contributed by atoms with van der Waals surface area (Å²) in [4.78, 5) is 4.19. The standard InChI is InChI=1S/C23H34N2O3/c1-24(2)22-10-5-8-20(16-22)18-27-13-7-12-26-14-15-28-19-21-9-6-11-23(17-21)25(3)4/h5-6,8-11,16-17H,7,12-15,18-19H2,1-4H3. The third-order valence-electron chi connectivity index (χ3n) is 4.34. The van der Waals surface area contributed by atoms with Crippen LogP contribution in [0.2, 0.25) is 0 Å². The molecule has 0 fully saturated rings. The molecule has 28 heavy (non-hydrogen) atoms. The zero-order valence-electron chi connectivity index (χ0n) is 17.7. The topological polar surface area (TPSA) is 34.2 Å². The van der Waals surface area contributed by atoms with Gasteiger partial charge in [-0.3, -0.25) is 0 Å². The van der Waals surface area contributed by atoms with Crippen LogP contribution in [0.3, 0.4) is 0 Å². The van der Waals surface area contributed by atoms with Crippen LogP contribution in [0.15, 0.2) is 48.5 Å². The molecular weight excluding hydrogens is 352 g/mol. The summed E-state index contributed by atoms with van der Waals surface area (Å²) in [5, 5.41) is 0. The van der Waals surface area contributed by atoms with Crippen molar-refractivity contribution in [2.24, 2.45) is 0 Å². The van der Waals surface area contributed by atoms with Crippen molar-refractivity contribution >= 4 is 11.4 Å². The fourth-order valence-corrected chi connectivity index (χ4v) is 2.71. The number of ether oxygens (including phenoxy) is 3. The Morgan fingerprint density at radius 1 is 0.607 bits per heavy atom. The highest BCUT2D eigenvalue weighted by Gasteiger charge is 2.00. The van der Waals surface area contributed by atoms with Crippen molar-refractivity contribution in [3.8, 4) is 0 Å². The van der Waals surface area contributed by atoms with Gasteiger partial charge in [0, 0.05) is 52.8 Å². The third kappa shape index (κ3) is 8.30. The van der Waals surface area contributed by atoms with E-state index in [1.165, 1.54) is 22.5 Å². The SMILES string of the molecule is CN(C)c1cccc(COCCCOCCOCc2cccc(N(C)C)c2)c1. The Kier molecular flexibility index (Phi) is 9.83. The van der Waals surface area contributed by atoms with Gasteiger partial charge < -0.3 is 24.0 Å². The van der Waals surface area contributed by atoms with Crippen molar-refractivity contribution in [3.05, 3.63) is 59.7 Å². The molecule has 5 heteroatoms. The van der Waals surface area contributed by atoms with Crippen LogP contribution >= 0.6 is 0 Å². The molecular formula is C23H34N2O3. The first kappa shape index (κ1) is 22.2. The van der Waals surface area contributed by atoms with Gasteiger partial charge in [-0.2, -0.15) is 0 Å². The van der Waals surface area contributed by atoms with Gasteiger partial charge in [0.1, 0.15) is 0 Å². The smallest absolute Gasteiger partial charge is 0.0718 e. The molecule has 154 valence electrons. The van der Waals surface area contributed by atoms with Gasteiger partial charge in [0.15, 0.2) is 0 Å². The van der Waals surface area contributed by atoms with Gasteiger partial charge in [0.05, 0.1) is 26.4 Å². The lowest BCUT2D eigenvalue weighted by Gasteiger charge is -2.14. The maximum Gasteiger partial charge on any atom is 0.0718 e. The molecule has 0 radical (unpaired) electrons. The quantitative estimate of drug-likeness (QED) is 0.487. The Balaban J connectivity index is 1.48. The molecule has 0 saturated carbocycles. The fraction of sp³-hybridized carbons (Fsp3) is 0.478. The molecule has 0 saturated heterocycles. The normalized spacial score (nSPS) is 10.9. The van der Waals surface area contributed by atoms with E-state index in [0.29, 0.717) is 39.6 Å². The summed E-state index contributed by atoms with van der Waals surface area (Å²) in [5.74, 6) is 0. The van der Waals surface area contributed by atoms with Gasteiger partial charge >= 0.3 is 0 Å². The number of anilines is 2. The summed E-state index contributed by atoms with van der Waals surface area (Å²) in [5.41, 5.74) is 4.75. The zero-order chi connectivity index (χ0) is 20.2. The first-order chi connectivity index (χ1) is 13.6. The predicted molar refractivity (Wildman–Crippen MR) is 116 cm³/mol. The highest BCUT2D eigenvalue weighted by atomic mass is 16.5. The van der Waals surface area contributed by atoms with Gasteiger partial charge in [-0.25, -0.2) is 0 Å². The largest absolute Gasteiger partial charge is 0.379 e. The molecule has 0 bridgehead atoms. The van der Waals surface area contributed by atoms with Crippen molar-refractivity contribution in [1.82, 2.24) is 0 Å². The molecule has 0 heterocycles. The number of hydrogen-bond donors (Lipinski definition) is 0. The maximum absolute atomic E-state index is 5.74. The molecule has 0 aliphatic heterocycles. The minimum atomic E-state index is 0.602. The molecule has 0 amide bonds. The van der Waals surface area contributed by atoms with Crippen LogP contribution in [0, 0.1) is 0 Å². The van der Waals surface area contributed by atoms with E-state index in [0.717, 1.165) is 6.42 Å². The molecule has 0 aliphatic carbocycles. The third-order valence-corrected chi connectivity index (χ3v) is 4.34.